The van der Waals surface area contributed by atoms with Crippen molar-refractivity contribution < 1.29 is 18.8 Å². The Morgan fingerprint density at radius 3 is 2.42 bits per heavy atom. The van der Waals surface area contributed by atoms with Crippen LogP contribution in [0.2, 0.25) is 5.02 Å². The van der Waals surface area contributed by atoms with Crippen molar-refractivity contribution in [3.05, 3.63) is 64.4 Å². The zero-order valence-corrected chi connectivity index (χ0v) is 14.7. The molecule has 0 unspecified atom stereocenters. The molecule has 0 aliphatic carbocycles. The summed E-state index contributed by atoms with van der Waals surface area (Å²) < 4.78 is 9.75. The second kappa shape index (κ2) is 7.37. The average Bonchev–Trinajstić information content (AvgIpc) is 3.09. The molecule has 1 aromatic heterocycles. The lowest BCUT2D eigenvalue weighted by molar-refractivity contribution is 0.0600. The van der Waals surface area contributed by atoms with Crippen molar-refractivity contribution >= 4 is 29.2 Å². The summed E-state index contributed by atoms with van der Waals surface area (Å²) in [6.07, 6.45) is 0. The minimum absolute atomic E-state index is 0.286. The second-order valence-corrected chi connectivity index (χ2v) is 5.77. The van der Waals surface area contributed by atoms with E-state index in [0.717, 1.165) is 0 Å². The minimum Gasteiger partial charge on any atom is -0.465 e. The van der Waals surface area contributed by atoms with Gasteiger partial charge in [-0.25, -0.2) is 4.79 Å². The van der Waals surface area contributed by atoms with Crippen LogP contribution in [0.25, 0.3) is 11.5 Å². The van der Waals surface area contributed by atoms with Crippen molar-refractivity contribution in [2.24, 2.45) is 0 Å². The highest BCUT2D eigenvalue weighted by atomic mass is 35.5. The van der Waals surface area contributed by atoms with Gasteiger partial charge in [-0.1, -0.05) is 16.8 Å². The van der Waals surface area contributed by atoms with Crippen LogP contribution in [0.4, 0.5) is 5.69 Å². The number of esters is 1. The van der Waals surface area contributed by atoms with Gasteiger partial charge in [-0.05, 0) is 49.4 Å². The van der Waals surface area contributed by atoms with E-state index in [1.807, 2.05) is 0 Å². The van der Waals surface area contributed by atoms with Gasteiger partial charge in [-0.15, -0.1) is 0 Å². The fraction of sp³-hybridized carbons (Fsp3) is 0.111. The molecule has 0 aliphatic heterocycles. The average molecular weight is 372 g/mol. The van der Waals surface area contributed by atoms with E-state index in [1.165, 1.54) is 25.3 Å². The first kappa shape index (κ1) is 17.6. The van der Waals surface area contributed by atoms with Crippen LogP contribution in [0.15, 0.2) is 47.0 Å². The summed E-state index contributed by atoms with van der Waals surface area (Å²) in [7, 11) is 1.28. The summed E-state index contributed by atoms with van der Waals surface area (Å²) in [4.78, 5) is 28.2. The van der Waals surface area contributed by atoms with Gasteiger partial charge >= 0.3 is 5.97 Å². The number of benzene rings is 2. The molecule has 1 N–H and O–H groups in total. The molecular weight excluding hydrogens is 358 g/mol. The van der Waals surface area contributed by atoms with Crippen LogP contribution in [0.1, 0.15) is 26.5 Å². The minimum atomic E-state index is -0.517. The predicted octanol–water partition coefficient (Wildman–Crippen LogP) is 3.74. The smallest absolute Gasteiger partial charge is 0.337 e. The number of hydrogen-bond acceptors (Lipinski definition) is 6. The van der Waals surface area contributed by atoms with Gasteiger partial charge < -0.3 is 14.6 Å². The van der Waals surface area contributed by atoms with Crippen LogP contribution in [0.3, 0.4) is 0 Å². The van der Waals surface area contributed by atoms with Crippen LogP contribution in [-0.4, -0.2) is 29.1 Å². The Morgan fingerprint density at radius 2 is 1.81 bits per heavy atom. The number of nitrogens with one attached hydrogen (secondary N) is 1. The molecule has 0 spiro atoms. The quantitative estimate of drug-likeness (QED) is 0.702. The standard InChI is InChI=1S/C18H14ClN3O4/c1-10-20-17(26-22-10)12-5-3-11(4-6-12)16(23)21-15-9-13(18(24)25-2)7-8-14(15)19/h3-9H,1-2H3,(H,21,23). The van der Waals surface area contributed by atoms with E-state index >= 15 is 0 Å². The van der Waals surface area contributed by atoms with E-state index in [-0.39, 0.29) is 11.5 Å². The van der Waals surface area contributed by atoms with E-state index in [9.17, 15) is 9.59 Å². The highest BCUT2D eigenvalue weighted by molar-refractivity contribution is 6.34. The number of nitrogens with zero attached hydrogens (tertiary/aromatic N) is 2. The van der Waals surface area contributed by atoms with Crippen LogP contribution in [0.5, 0.6) is 0 Å². The molecule has 26 heavy (non-hydrogen) atoms. The Balaban J connectivity index is 1.79. The van der Waals surface area contributed by atoms with Crippen LogP contribution >= 0.6 is 11.6 Å². The van der Waals surface area contributed by atoms with E-state index in [1.54, 1.807) is 31.2 Å². The Labute approximate surface area is 153 Å². The topological polar surface area (TPSA) is 94.3 Å². The van der Waals surface area contributed by atoms with E-state index in [4.69, 9.17) is 16.1 Å². The predicted molar refractivity (Wildman–Crippen MR) is 95.2 cm³/mol. The number of carbonyl (C=O) groups excluding carboxylic acids is 2. The molecule has 8 heteroatoms. The molecule has 0 aliphatic rings. The number of hydrogen-bond donors (Lipinski definition) is 1. The van der Waals surface area contributed by atoms with Crippen molar-refractivity contribution in [2.45, 2.75) is 6.92 Å². The highest BCUT2D eigenvalue weighted by Gasteiger charge is 2.13. The SMILES string of the molecule is COC(=O)c1ccc(Cl)c(NC(=O)c2ccc(-c3nc(C)no3)cc2)c1. The monoisotopic (exact) mass is 371 g/mol. The summed E-state index contributed by atoms with van der Waals surface area (Å²) in [5.41, 5.74) is 1.71. The molecule has 0 fully saturated rings. The van der Waals surface area contributed by atoms with Gasteiger partial charge in [-0.3, -0.25) is 4.79 Å². The molecule has 1 heterocycles. The van der Waals surface area contributed by atoms with Gasteiger partial charge in [0, 0.05) is 11.1 Å². The normalized spacial score (nSPS) is 10.4. The maximum absolute atomic E-state index is 12.4. The van der Waals surface area contributed by atoms with E-state index in [2.05, 4.69) is 20.2 Å². The highest BCUT2D eigenvalue weighted by Crippen LogP contribution is 2.24. The molecule has 7 nitrogen and oxygen atoms in total. The number of anilines is 1. The zero-order chi connectivity index (χ0) is 18.7. The van der Waals surface area contributed by atoms with E-state index in [0.29, 0.717) is 33.6 Å². The maximum Gasteiger partial charge on any atom is 0.337 e. The summed E-state index contributed by atoms with van der Waals surface area (Å²) in [6, 6.07) is 11.2. The molecule has 0 atom stereocenters. The van der Waals surface area contributed by atoms with Crippen molar-refractivity contribution in [1.82, 2.24) is 10.1 Å². The lowest BCUT2D eigenvalue weighted by Gasteiger charge is -2.09. The fourth-order valence-corrected chi connectivity index (χ4v) is 2.40. The van der Waals surface area contributed by atoms with Crippen molar-refractivity contribution in [2.75, 3.05) is 12.4 Å². The first-order valence-electron chi connectivity index (χ1n) is 7.58. The number of carbonyl (C=O) groups is 2. The molecule has 1 amide bonds. The number of aryl methyl sites for hydroxylation is 1. The van der Waals surface area contributed by atoms with Gasteiger partial charge in [-0.2, -0.15) is 4.98 Å². The molecule has 2 aromatic carbocycles. The lowest BCUT2D eigenvalue weighted by atomic mass is 10.1. The van der Waals surface area contributed by atoms with Crippen molar-refractivity contribution in [3.63, 3.8) is 0 Å². The van der Waals surface area contributed by atoms with Crippen LogP contribution in [-0.2, 0) is 4.74 Å². The Bertz CT molecular complexity index is 967. The molecule has 3 aromatic rings. The largest absolute Gasteiger partial charge is 0.465 e. The summed E-state index contributed by atoms with van der Waals surface area (Å²) in [5.74, 6) is 0.0174. The third-order valence-electron chi connectivity index (χ3n) is 3.56. The van der Waals surface area contributed by atoms with Gasteiger partial charge in [0.1, 0.15) is 0 Å². The number of ether oxygens (including phenoxy) is 1. The van der Waals surface area contributed by atoms with Gasteiger partial charge in [0.05, 0.1) is 23.4 Å². The molecule has 0 saturated carbocycles. The molecule has 3 rings (SSSR count). The summed E-state index contributed by atoms with van der Waals surface area (Å²) in [6.45, 7) is 1.72. The first-order chi connectivity index (χ1) is 12.5. The number of halogens is 1. The fourth-order valence-electron chi connectivity index (χ4n) is 2.24. The Morgan fingerprint density at radius 1 is 1.12 bits per heavy atom. The zero-order valence-electron chi connectivity index (χ0n) is 13.9. The van der Waals surface area contributed by atoms with Crippen LogP contribution < -0.4 is 5.32 Å². The second-order valence-electron chi connectivity index (χ2n) is 5.36. The molecular formula is C18H14ClN3O4. The maximum atomic E-state index is 12.4. The van der Waals surface area contributed by atoms with E-state index < -0.39 is 5.97 Å². The summed E-state index contributed by atoms with van der Waals surface area (Å²) in [5, 5.41) is 6.72. The first-order valence-corrected chi connectivity index (χ1v) is 7.95. The summed E-state index contributed by atoms with van der Waals surface area (Å²) >= 11 is 6.09. The lowest BCUT2D eigenvalue weighted by Crippen LogP contribution is -2.13. The number of aromatic nitrogens is 2. The van der Waals surface area contributed by atoms with Gasteiger partial charge in [0.2, 0.25) is 0 Å². The number of amides is 1. The Hall–Kier alpha value is -3.19. The molecule has 0 bridgehead atoms. The third-order valence-corrected chi connectivity index (χ3v) is 3.89. The Kier molecular flexibility index (Phi) is 4.99. The number of methoxy groups -OCH3 is 1. The number of rotatable bonds is 4. The van der Waals surface area contributed by atoms with Crippen LogP contribution in [0, 0.1) is 6.92 Å². The van der Waals surface area contributed by atoms with Crippen molar-refractivity contribution in [1.29, 1.82) is 0 Å². The van der Waals surface area contributed by atoms with Crippen molar-refractivity contribution in [3.8, 4) is 11.5 Å². The third kappa shape index (κ3) is 3.73. The van der Waals surface area contributed by atoms with Gasteiger partial charge in [0.15, 0.2) is 5.82 Å². The molecule has 132 valence electrons. The van der Waals surface area contributed by atoms with Gasteiger partial charge in [0.25, 0.3) is 11.8 Å². The molecule has 0 saturated heterocycles. The molecule has 0 radical (unpaired) electrons.